The van der Waals surface area contributed by atoms with Crippen LogP contribution in [0.3, 0.4) is 0 Å². The van der Waals surface area contributed by atoms with Crippen LogP contribution in [0, 0.1) is 31.3 Å². The summed E-state index contributed by atoms with van der Waals surface area (Å²) in [4.78, 5) is 0. The van der Waals surface area contributed by atoms with Crippen LogP contribution in [0.15, 0.2) is 22.6 Å². The molecule has 0 aliphatic carbocycles. The summed E-state index contributed by atoms with van der Waals surface area (Å²) < 4.78 is 45.3. The van der Waals surface area contributed by atoms with Gasteiger partial charge in [-0.25, -0.2) is 13.2 Å². The van der Waals surface area contributed by atoms with Crippen molar-refractivity contribution >= 4 is 11.6 Å². The fourth-order valence-corrected chi connectivity index (χ4v) is 2.28. The van der Waals surface area contributed by atoms with Crippen LogP contribution in [0.5, 0.6) is 0 Å². The van der Waals surface area contributed by atoms with Crippen molar-refractivity contribution in [3.05, 3.63) is 58.3 Å². The number of alkyl halides is 1. The molecule has 0 N–H and O–H groups in total. The lowest BCUT2D eigenvalue weighted by Gasteiger charge is -2.11. The van der Waals surface area contributed by atoms with Gasteiger partial charge in [0.1, 0.15) is 29.0 Å². The lowest BCUT2D eigenvalue weighted by Crippen LogP contribution is -2.02. The Bertz CT molecular complexity index is 569. The van der Waals surface area contributed by atoms with Gasteiger partial charge in [-0.15, -0.1) is 11.6 Å². The van der Waals surface area contributed by atoms with E-state index in [2.05, 4.69) is 0 Å². The number of rotatable bonds is 2. The first kappa shape index (κ1) is 13.0. The first-order valence-electron chi connectivity index (χ1n) is 5.25. The number of aryl methyl sites for hydroxylation is 2. The molecule has 0 aliphatic heterocycles. The minimum Gasteiger partial charge on any atom is -0.466 e. The smallest absolute Gasteiger partial charge is 0.134 e. The van der Waals surface area contributed by atoms with E-state index in [-0.39, 0.29) is 5.56 Å². The molecule has 0 fully saturated rings. The molecule has 1 aromatic heterocycles. The van der Waals surface area contributed by atoms with Gasteiger partial charge in [-0.3, -0.25) is 0 Å². The molecule has 1 heterocycles. The lowest BCUT2D eigenvalue weighted by molar-refractivity contribution is 0.499. The quantitative estimate of drug-likeness (QED) is 0.727. The van der Waals surface area contributed by atoms with Gasteiger partial charge in [0.15, 0.2) is 0 Å². The molecule has 0 aliphatic rings. The van der Waals surface area contributed by atoms with E-state index in [0.29, 0.717) is 29.2 Å². The Morgan fingerprint density at radius 3 is 2.06 bits per heavy atom. The maximum Gasteiger partial charge on any atom is 0.134 e. The number of halogens is 4. The highest BCUT2D eigenvalue weighted by atomic mass is 35.5. The molecule has 0 saturated heterocycles. The van der Waals surface area contributed by atoms with Crippen molar-refractivity contribution in [2.45, 2.75) is 19.2 Å². The van der Waals surface area contributed by atoms with Gasteiger partial charge in [-0.2, -0.15) is 0 Å². The Labute approximate surface area is 107 Å². The van der Waals surface area contributed by atoms with Gasteiger partial charge < -0.3 is 4.42 Å². The topological polar surface area (TPSA) is 13.1 Å². The molecule has 0 saturated carbocycles. The van der Waals surface area contributed by atoms with Crippen LogP contribution < -0.4 is 0 Å². The molecule has 1 atom stereocenters. The molecule has 1 aromatic carbocycles. The highest BCUT2D eigenvalue weighted by Crippen LogP contribution is 2.35. The molecule has 0 radical (unpaired) electrons. The van der Waals surface area contributed by atoms with E-state index < -0.39 is 22.8 Å². The Kier molecular flexibility index (Phi) is 3.39. The second-order valence-corrected chi connectivity index (χ2v) is 4.45. The van der Waals surface area contributed by atoms with Crippen molar-refractivity contribution in [3.8, 4) is 0 Å². The van der Waals surface area contributed by atoms with Gasteiger partial charge in [-0.1, -0.05) is 0 Å². The minimum absolute atomic E-state index is 0.373. The molecule has 0 spiro atoms. The van der Waals surface area contributed by atoms with E-state index in [9.17, 15) is 13.2 Å². The molecule has 96 valence electrons. The summed E-state index contributed by atoms with van der Waals surface area (Å²) in [6, 6.07) is 2.82. The Morgan fingerprint density at radius 2 is 1.61 bits per heavy atom. The lowest BCUT2D eigenvalue weighted by atomic mass is 10.0. The van der Waals surface area contributed by atoms with Gasteiger partial charge in [0.2, 0.25) is 0 Å². The Hall–Kier alpha value is -1.42. The van der Waals surface area contributed by atoms with E-state index >= 15 is 0 Å². The van der Waals surface area contributed by atoms with Crippen LogP contribution in [0.25, 0.3) is 0 Å². The molecular weight excluding hydrogens is 265 g/mol. The summed E-state index contributed by atoms with van der Waals surface area (Å²) in [5, 5.41) is -1.05. The van der Waals surface area contributed by atoms with E-state index in [1.807, 2.05) is 0 Å². The van der Waals surface area contributed by atoms with E-state index in [4.69, 9.17) is 16.0 Å². The summed E-state index contributed by atoms with van der Waals surface area (Å²) >= 11 is 6.05. The monoisotopic (exact) mass is 274 g/mol. The van der Waals surface area contributed by atoms with Crippen molar-refractivity contribution in [3.63, 3.8) is 0 Å². The van der Waals surface area contributed by atoms with Gasteiger partial charge in [0.25, 0.3) is 0 Å². The van der Waals surface area contributed by atoms with E-state index in [1.54, 1.807) is 19.9 Å². The fraction of sp³-hybridized carbons (Fsp3) is 0.231. The standard InChI is InChI=1S/C13H10ClF3O/c1-6-3-9(7(2)18-6)13(14)12-10(16)4-8(15)5-11(12)17/h3-5,13H,1-2H3. The second kappa shape index (κ2) is 4.69. The van der Waals surface area contributed by atoms with Crippen molar-refractivity contribution < 1.29 is 17.6 Å². The third kappa shape index (κ3) is 2.25. The van der Waals surface area contributed by atoms with Gasteiger partial charge >= 0.3 is 0 Å². The maximum atomic E-state index is 13.6. The average molecular weight is 275 g/mol. The van der Waals surface area contributed by atoms with Crippen molar-refractivity contribution in [2.24, 2.45) is 0 Å². The normalized spacial score (nSPS) is 12.8. The van der Waals surface area contributed by atoms with Crippen molar-refractivity contribution in [1.29, 1.82) is 0 Å². The predicted molar refractivity (Wildman–Crippen MR) is 62.2 cm³/mol. The molecule has 1 unspecified atom stereocenters. The largest absolute Gasteiger partial charge is 0.466 e. The molecule has 1 nitrogen and oxygen atoms in total. The van der Waals surface area contributed by atoms with Gasteiger partial charge in [0.05, 0.1) is 5.38 Å². The SMILES string of the molecule is Cc1cc(C(Cl)c2c(F)cc(F)cc2F)c(C)o1. The summed E-state index contributed by atoms with van der Waals surface area (Å²) in [5.74, 6) is -1.92. The molecule has 18 heavy (non-hydrogen) atoms. The summed E-state index contributed by atoms with van der Waals surface area (Å²) in [6.07, 6.45) is 0. The van der Waals surface area contributed by atoms with Crippen molar-refractivity contribution in [2.75, 3.05) is 0 Å². The Morgan fingerprint density at radius 1 is 1.06 bits per heavy atom. The molecule has 5 heteroatoms. The minimum atomic E-state index is -1.05. The molecular formula is C13H10ClF3O. The number of furan rings is 1. The Balaban J connectivity index is 2.52. The van der Waals surface area contributed by atoms with Gasteiger partial charge in [0, 0.05) is 23.3 Å². The zero-order valence-electron chi connectivity index (χ0n) is 9.73. The second-order valence-electron chi connectivity index (χ2n) is 4.01. The molecule has 2 rings (SSSR count). The number of hydrogen-bond donors (Lipinski definition) is 0. The van der Waals surface area contributed by atoms with E-state index in [1.165, 1.54) is 0 Å². The van der Waals surface area contributed by atoms with Crippen LogP contribution in [0.2, 0.25) is 0 Å². The summed E-state index contributed by atoms with van der Waals surface area (Å²) in [7, 11) is 0. The predicted octanol–water partition coefficient (Wildman–Crippen LogP) is 4.64. The summed E-state index contributed by atoms with van der Waals surface area (Å²) in [6.45, 7) is 3.36. The fourth-order valence-electron chi connectivity index (χ4n) is 1.85. The first-order chi connectivity index (χ1) is 8.40. The van der Waals surface area contributed by atoms with Gasteiger partial charge in [-0.05, 0) is 19.9 Å². The highest BCUT2D eigenvalue weighted by molar-refractivity contribution is 6.22. The van der Waals surface area contributed by atoms with Crippen LogP contribution in [0.1, 0.15) is 28.0 Å². The first-order valence-corrected chi connectivity index (χ1v) is 5.69. The number of benzene rings is 1. The van der Waals surface area contributed by atoms with Crippen molar-refractivity contribution in [1.82, 2.24) is 0 Å². The third-order valence-electron chi connectivity index (χ3n) is 2.65. The average Bonchev–Trinajstić information content (AvgIpc) is 2.56. The van der Waals surface area contributed by atoms with Crippen LogP contribution in [0.4, 0.5) is 13.2 Å². The highest BCUT2D eigenvalue weighted by Gasteiger charge is 2.24. The molecule has 0 amide bonds. The van der Waals surface area contributed by atoms with Crippen LogP contribution in [-0.4, -0.2) is 0 Å². The van der Waals surface area contributed by atoms with Crippen LogP contribution in [-0.2, 0) is 0 Å². The zero-order chi connectivity index (χ0) is 13.4. The molecule has 2 aromatic rings. The zero-order valence-corrected chi connectivity index (χ0v) is 10.5. The molecule has 0 bridgehead atoms. The number of hydrogen-bond acceptors (Lipinski definition) is 1. The third-order valence-corrected chi connectivity index (χ3v) is 3.10. The maximum absolute atomic E-state index is 13.6. The van der Waals surface area contributed by atoms with Crippen LogP contribution >= 0.6 is 11.6 Å². The van der Waals surface area contributed by atoms with E-state index in [0.717, 1.165) is 0 Å². The summed E-state index contributed by atoms with van der Waals surface area (Å²) in [5.41, 5.74) is 0.0977.